The Hall–Kier alpha value is -1.95. The number of nitrogens with one attached hydrogen (secondary N) is 1. The molecule has 1 aliphatic heterocycles. The molecule has 2 rings (SSSR count). The Labute approximate surface area is 135 Å². The van der Waals surface area contributed by atoms with E-state index < -0.39 is 12.0 Å². The SMILES string of the molecule is CCOC(=O)C1C(C(C)C)=NC(=S)NC1c1cccc(O)c1. The van der Waals surface area contributed by atoms with Gasteiger partial charge in [-0.3, -0.25) is 4.79 Å². The number of phenolic OH excluding ortho intramolecular Hbond substituents is 1. The number of esters is 1. The van der Waals surface area contributed by atoms with E-state index in [1.54, 1.807) is 25.1 Å². The van der Waals surface area contributed by atoms with Crippen LogP contribution in [0, 0.1) is 11.8 Å². The molecule has 0 amide bonds. The fourth-order valence-corrected chi connectivity index (χ4v) is 2.81. The van der Waals surface area contributed by atoms with Crippen LogP contribution in [0.1, 0.15) is 32.4 Å². The van der Waals surface area contributed by atoms with Gasteiger partial charge in [0.1, 0.15) is 11.7 Å². The molecular weight excluding hydrogens is 300 g/mol. The topological polar surface area (TPSA) is 70.9 Å². The van der Waals surface area contributed by atoms with Gasteiger partial charge in [0.25, 0.3) is 0 Å². The summed E-state index contributed by atoms with van der Waals surface area (Å²) in [5.74, 6) is -0.692. The third-order valence-corrected chi connectivity index (χ3v) is 3.73. The Morgan fingerprint density at radius 3 is 2.82 bits per heavy atom. The molecule has 0 fully saturated rings. The molecule has 0 aromatic heterocycles. The molecule has 2 atom stereocenters. The summed E-state index contributed by atoms with van der Waals surface area (Å²) in [7, 11) is 0. The van der Waals surface area contributed by atoms with Crippen LogP contribution in [0.25, 0.3) is 0 Å². The van der Waals surface area contributed by atoms with E-state index in [9.17, 15) is 9.90 Å². The van der Waals surface area contributed by atoms with Crippen LogP contribution in [0.3, 0.4) is 0 Å². The highest BCUT2D eigenvalue weighted by molar-refractivity contribution is 7.80. The van der Waals surface area contributed by atoms with Gasteiger partial charge in [-0.05, 0) is 42.8 Å². The molecule has 1 heterocycles. The van der Waals surface area contributed by atoms with Crippen LogP contribution in [-0.4, -0.2) is 28.5 Å². The van der Waals surface area contributed by atoms with Crippen molar-refractivity contribution in [3.05, 3.63) is 29.8 Å². The molecule has 2 N–H and O–H groups in total. The number of ether oxygens (including phenoxy) is 1. The highest BCUT2D eigenvalue weighted by atomic mass is 32.1. The molecule has 0 spiro atoms. The maximum atomic E-state index is 12.4. The van der Waals surface area contributed by atoms with Gasteiger partial charge in [0.05, 0.1) is 12.6 Å². The minimum Gasteiger partial charge on any atom is -0.508 e. The number of benzene rings is 1. The smallest absolute Gasteiger partial charge is 0.317 e. The second-order valence-corrected chi connectivity index (χ2v) is 5.83. The highest BCUT2D eigenvalue weighted by Crippen LogP contribution is 2.31. The number of phenols is 1. The third kappa shape index (κ3) is 3.44. The number of hydrogen-bond acceptors (Lipinski definition) is 4. The zero-order valence-electron chi connectivity index (χ0n) is 12.9. The van der Waals surface area contributed by atoms with Crippen molar-refractivity contribution < 1.29 is 14.6 Å². The standard InChI is InChI=1S/C16H20N2O3S/c1-4-21-15(20)12-13(9(2)3)17-16(22)18-14(12)10-6-5-7-11(19)8-10/h5-9,12,14,19H,4H2,1-3H3,(H,18,22). The lowest BCUT2D eigenvalue weighted by molar-refractivity contribution is -0.146. The van der Waals surface area contributed by atoms with Gasteiger partial charge in [0.2, 0.25) is 0 Å². The van der Waals surface area contributed by atoms with E-state index in [0.717, 1.165) is 5.56 Å². The molecule has 1 aliphatic rings. The van der Waals surface area contributed by atoms with Crippen molar-refractivity contribution in [1.82, 2.24) is 5.32 Å². The zero-order chi connectivity index (χ0) is 16.3. The summed E-state index contributed by atoms with van der Waals surface area (Å²) in [6, 6.07) is 6.39. The first-order valence-electron chi connectivity index (χ1n) is 7.28. The number of hydrogen-bond donors (Lipinski definition) is 2. The molecule has 1 aromatic carbocycles. The molecule has 5 nitrogen and oxygen atoms in total. The quantitative estimate of drug-likeness (QED) is 0.659. The average Bonchev–Trinajstić information content (AvgIpc) is 2.46. The van der Waals surface area contributed by atoms with Gasteiger partial charge in [-0.2, -0.15) is 0 Å². The van der Waals surface area contributed by atoms with Crippen molar-refractivity contribution in [3.63, 3.8) is 0 Å². The summed E-state index contributed by atoms with van der Waals surface area (Å²) in [6.07, 6.45) is 0. The Kier molecular flexibility index (Phi) is 5.13. The van der Waals surface area contributed by atoms with E-state index in [2.05, 4.69) is 10.3 Å². The fraction of sp³-hybridized carbons (Fsp3) is 0.438. The van der Waals surface area contributed by atoms with Gasteiger partial charge >= 0.3 is 5.97 Å². The van der Waals surface area contributed by atoms with Gasteiger partial charge in [-0.15, -0.1) is 0 Å². The Morgan fingerprint density at radius 1 is 1.50 bits per heavy atom. The average molecular weight is 320 g/mol. The predicted molar refractivity (Wildman–Crippen MR) is 89.0 cm³/mol. The molecule has 1 aromatic rings. The van der Waals surface area contributed by atoms with Crippen molar-refractivity contribution in [3.8, 4) is 5.75 Å². The predicted octanol–water partition coefficient (Wildman–Crippen LogP) is 2.60. The van der Waals surface area contributed by atoms with Crippen molar-refractivity contribution in [1.29, 1.82) is 0 Å². The number of carbonyl (C=O) groups is 1. The second kappa shape index (κ2) is 6.87. The van der Waals surface area contributed by atoms with E-state index in [0.29, 0.717) is 17.4 Å². The summed E-state index contributed by atoms with van der Waals surface area (Å²) < 4.78 is 5.21. The van der Waals surface area contributed by atoms with Gasteiger partial charge in [-0.1, -0.05) is 26.0 Å². The van der Waals surface area contributed by atoms with Crippen LogP contribution in [0.4, 0.5) is 0 Å². The lowest BCUT2D eigenvalue weighted by Crippen LogP contribution is -2.46. The third-order valence-electron chi connectivity index (χ3n) is 3.52. The molecular formula is C16H20N2O3S. The first kappa shape index (κ1) is 16.4. The van der Waals surface area contributed by atoms with Crippen molar-refractivity contribution in [2.24, 2.45) is 16.8 Å². The van der Waals surface area contributed by atoms with E-state index in [1.165, 1.54) is 0 Å². The van der Waals surface area contributed by atoms with Crippen LogP contribution in [-0.2, 0) is 9.53 Å². The van der Waals surface area contributed by atoms with Crippen LogP contribution < -0.4 is 5.32 Å². The monoisotopic (exact) mass is 320 g/mol. The molecule has 6 heteroatoms. The highest BCUT2D eigenvalue weighted by Gasteiger charge is 2.39. The molecule has 0 saturated heterocycles. The van der Waals surface area contributed by atoms with Crippen molar-refractivity contribution in [2.45, 2.75) is 26.8 Å². The van der Waals surface area contributed by atoms with Crippen LogP contribution in [0.15, 0.2) is 29.3 Å². The molecule has 2 unspecified atom stereocenters. The van der Waals surface area contributed by atoms with Crippen molar-refractivity contribution in [2.75, 3.05) is 6.61 Å². The number of thiocarbonyl (C=S) groups is 1. The molecule has 0 radical (unpaired) electrons. The summed E-state index contributed by atoms with van der Waals surface area (Å²) in [5.41, 5.74) is 1.48. The van der Waals surface area contributed by atoms with Crippen molar-refractivity contribution >= 4 is 29.0 Å². The normalized spacial score (nSPS) is 21.3. The number of carbonyl (C=O) groups excluding carboxylic acids is 1. The fourth-order valence-electron chi connectivity index (χ4n) is 2.58. The molecule has 0 saturated carbocycles. The summed E-state index contributed by atoms with van der Waals surface area (Å²) in [5, 5.41) is 13.1. The lowest BCUT2D eigenvalue weighted by Gasteiger charge is -2.33. The minimum atomic E-state index is -0.562. The maximum Gasteiger partial charge on any atom is 0.317 e. The number of aromatic hydroxyl groups is 1. The molecule has 0 aliphatic carbocycles. The van der Waals surface area contributed by atoms with Gasteiger partial charge < -0.3 is 15.2 Å². The van der Waals surface area contributed by atoms with Gasteiger partial charge in [0.15, 0.2) is 5.11 Å². The van der Waals surface area contributed by atoms with E-state index in [1.807, 2.05) is 19.9 Å². The van der Waals surface area contributed by atoms with E-state index in [-0.39, 0.29) is 17.6 Å². The summed E-state index contributed by atoms with van der Waals surface area (Å²) >= 11 is 5.20. The maximum absolute atomic E-state index is 12.4. The Bertz CT molecular complexity index is 613. The molecule has 22 heavy (non-hydrogen) atoms. The number of rotatable bonds is 4. The zero-order valence-corrected chi connectivity index (χ0v) is 13.7. The van der Waals surface area contributed by atoms with Crippen LogP contribution >= 0.6 is 12.2 Å². The van der Waals surface area contributed by atoms with Crippen LogP contribution in [0.5, 0.6) is 5.75 Å². The minimum absolute atomic E-state index is 0.0641. The second-order valence-electron chi connectivity index (χ2n) is 5.44. The Morgan fingerprint density at radius 2 is 2.23 bits per heavy atom. The van der Waals surface area contributed by atoms with Gasteiger partial charge in [0, 0.05) is 5.71 Å². The molecule has 0 bridgehead atoms. The number of nitrogens with zero attached hydrogens (tertiary/aromatic N) is 1. The first-order chi connectivity index (χ1) is 10.4. The van der Waals surface area contributed by atoms with E-state index >= 15 is 0 Å². The summed E-state index contributed by atoms with van der Waals surface area (Å²) in [6.45, 7) is 6.02. The largest absolute Gasteiger partial charge is 0.508 e. The summed E-state index contributed by atoms with van der Waals surface area (Å²) in [4.78, 5) is 16.8. The lowest BCUT2D eigenvalue weighted by atomic mass is 9.83. The van der Waals surface area contributed by atoms with Crippen LogP contribution in [0.2, 0.25) is 0 Å². The van der Waals surface area contributed by atoms with Gasteiger partial charge in [-0.25, -0.2) is 4.99 Å². The Balaban J connectivity index is 2.47. The van der Waals surface area contributed by atoms with E-state index in [4.69, 9.17) is 17.0 Å². The number of aliphatic imine (C=N–C) groups is 1. The molecule has 118 valence electrons. The first-order valence-corrected chi connectivity index (χ1v) is 7.69.